The maximum atomic E-state index is 14.3. The van der Waals surface area contributed by atoms with Crippen molar-refractivity contribution >= 4 is 27.3 Å². The summed E-state index contributed by atoms with van der Waals surface area (Å²) in [5, 5.41) is 0.414. The lowest BCUT2D eigenvalue weighted by Gasteiger charge is -2.18. The molecule has 0 spiro atoms. The normalized spacial score (nSPS) is 11.0. The van der Waals surface area contributed by atoms with Crippen LogP contribution in [0.15, 0.2) is 36.4 Å². The van der Waals surface area contributed by atoms with E-state index in [-0.39, 0.29) is 30.6 Å². The van der Waals surface area contributed by atoms with E-state index in [0.717, 1.165) is 0 Å². The average molecular weight is 391 g/mol. The zero-order valence-corrected chi connectivity index (χ0v) is 16.0. The molecule has 0 atom stereocenters. The maximum absolute atomic E-state index is 14.3. The Labute approximate surface area is 159 Å². The third-order valence-corrected chi connectivity index (χ3v) is 5.41. The van der Waals surface area contributed by atoms with Crippen molar-refractivity contribution in [3.8, 4) is 5.75 Å². The third-order valence-electron chi connectivity index (χ3n) is 4.23. The maximum Gasteiger partial charge on any atom is 0.264 e. The number of hydrogen-bond donors (Lipinski definition) is 0. The number of halogens is 2. The molecular weight excluding hydrogens is 372 g/mol. The highest BCUT2D eigenvalue weighted by atomic mass is 32.1. The van der Waals surface area contributed by atoms with Gasteiger partial charge in [0.2, 0.25) is 0 Å². The Morgan fingerprint density at radius 3 is 2.59 bits per heavy atom. The van der Waals surface area contributed by atoms with Crippen molar-refractivity contribution < 1.29 is 23.0 Å². The number of carbonyl (C=O) groups excluding carboxylic acids is 1. The van der Waals surface area contributed by atoms with Crippen molar-refractivity contribution in [3.63, 3.8) is 0 Å². The zero-order chi connectivity index (χ0) is 19.6. The van der Waals surface area contributed by atoms with Crippen LogP contribution < -0.4 is 4.74 Å². The third kappa shape index (κ3) is 3.79. The number of thiophene rings is 1. The molecule has 0 saturated carbocycles. The number of methoxy groups -OCH3 is 2. The molecule has 0 saturated heterocycles. The number of ether oxygens (including phenoxy) is 2. The second-order valence-electron chi connectivity index (χ2n) is 6.09. The number of carbonyl (C=O) groups is 1. The van der Waals surface area contributed by atoms with Gasteiger partial charge in [0.05, 0.1) is 18.6 Å². The molecule has 0 aliphatic heterocycles. The lowest BCUT2D eigenvalue weighted by Crippen LogP contribution is -2.26. The Hall–Kier alpha value is -2.51. The molecule has 0 N–H and O–H groups in total. The number of amides is 1. The smallest absolute Gasteiger partial charge is 0.264 e. The first-order valence-electron chi connectivity index (χ1n) is 8.23. The summed E-state index contributed by atoms with van der Waals surface area (Å²) in [4.78, 5) is 14.9. The van der Waals surface area contributed by atoms with Crippen molar-refractivity contribution in [3.05, 3.63) is 64.0 Å². The molecule has 7 heteroatoms. The highest BCUT2D eigenvalue weighted by molar-refractivity contribution is 7.21. The molecule has 0 radical (unpaired) electrons. The largest absolute Gasteiger partial charge is 0.494 e. The van der Waals surface area contributed by atoms with Crippen LogP contribution in [0.5, 0.6) is 5.75 Å². The van der Waals surface area contributed by atoms with Crippen molar-refractivity contribution in [2.45, 2.75) is 13.2 Å². The first kappa shape index (κ1) is 19.3. The highest BCUT2D eigenvalue weighted by Crippen LogP contribution is 2.34. The minimum absolute atomic E-state index is 0.132. The van der Waals surface area contributed by atoms with Gasteiger partial charge in [-0.2, -0.15) is 0 Å². The van der Waals surface area contributed by atoms with E-state index in [9.17, 15) is 13.6 Å². The van der Waals surface area contributed by atoms with E-state index in [4.69, 9.17) is 9.47 Å². The van der Waals surface area contributed by atoms with Gasteiger partial charge in [-0.15, -0.1) is 11.3 Å². The fourth-order valence-electron chi connectivity index (χ4n) is 2.95. The van der Waals surface area contributed by atoms with E-state index in [1.54, 1.807) is 25.2 Å². The van der Waals surface area contributed by atoms with E-state index < -0.39 is 5.82 Å². The van der Waals surface area contributed by atoms with Gasteiger partial charge in [-0.1, -0.05) is 12.1 Å². The molecular formula is C20H19F2NO3S. The van der Waals surface area contributed by atoms with Gasteiger partial charge < -0.3 is 14.4 Å². The van der Waals surface area contributed by atoms with Crippen LogP contribution in [0.4, 0.5) is 8.78 Å². The van der Waals surface area contributed by atoms with Crippen LogP contribution in [0.2, 0.25) is 0 Å². The summed E-state index contributed by atoms with van der Waals surface area (Å²) in [5.74, 6) is -0.983. The SMILES string of the molecule is COCc1c(C(=O)N(C)Cc2ccc(OC)c(F)c2)sc2cccc(F)c12. The lowest BCUT2D eigenvalue weighted by atomic mass is 10.1. The van der Waals surface area contributed by atoms with E-state index in [1.807, 2.05) is 0 Å². The molecule has 27 heavy (non-hydrogen) atoms. The van der Waals surface area contributed by atoms with Gasteiger partial charge in [0, 0.05) is 36.4 Å². The first-order chi connectivity index (χ1) is 13.0. The van der Waals surface area contributed by atoms with E-state index in [0.29, 0.717) is 26.1 Å². The fraction of sp³-hybridized carbons (Fsp3) is 0.250. The molecule has 1 amide bonds. The van der Waals surface area contributed by atoms with E-state index in [1.165, 1.54) is 48.7 Å². The molecule has 0 aliphatic rings. The van der Waals surface area contributed by atoms with Crippen molar-refractivity contribution in [1.82, 2.24) is 4.90 Å². The van der Waals surface area contributed by atoms with Gasteiger partial charge in [-0.3, -0.25) is 4.79 Å². The van der Waals surface area contributed by atoms with Crippen LogP contribution in [-0.4, -0.2) is 32.1 Å². The summed E-state index contributed by atoms with van der Waals surface area (Å²) in [6.07, 6.45) is 0. The molecule has 3 aromatic rings. The molecule has 2 aromatic carbocycles. The standard InChI is InChI=1S/C20H19F2NO3S/c1-23(10-12-7-8-16(26-3)15(22)9-12)20(24)19-13(11-25-2)18-14(21)5-4-6-17(18)27-19/h4-9H,10-11H2,1-3H3. The van der Waals surface area contributed by atoms with Crippen LogP contribution in [-0.2, 0) is 17.9 Å². The molecule has 1 aromatic heterocycles. The summed E-state index contributed by atoms with van der Waals surface area (Å²) in [5.41, 5.74) is 1.16. The quantitative estimate of drug-likeness (QED) is 0.616. The molecule has 0 unspecified atom stereocenters. The van der Waals surface area contributed by atoms with Gasteiger partial charge in [0.15, 0.2) is 11.6 Å². The summed E-state index contributed by atoms with van der Waals surface area (Å²) in [6, 6.07) is 9.32. The average Bonchev–Trinajstić information content (AvgIpc) is 3.01. The Morgan fingerprint density at radius 2 is 1.93 bits per heavy atom. The Morgan fingerprint density at radius 1 is 1.15 bits per heavy atom. The Balaban J connectivity index is 1.92. The second-order valence-corrected chi connectivity index (χ2v) is 7.14. The number of hydrogen-bond acceptors (Lipinski definition) is 4. The Bertz CT molecular complexity index is 987. The number of nitrogens with zero attached hydrogens (tertiary/aromatic N) is 1. The van der Waals surface area contributed by atoms with Gasteiger partial charge in [-0.05, 0) is 29.8 Å². The van der Waals surface area contributed by atoms with Gasteiger partial charge >= 0.3 is 0 Å². The van der Waals surface area contributed by atoms with Crippen molar-refractivity contribution in [2.24, 2.45) is 0 Å². The van der Waals surface area contributed by atoms with Crippen LogP contribution in [0, 0.1) is 11.6 Å². The molecule has 3 rings (SSSR count). The minimum Gasteiger partial charge on any atom is -0.494 e. The van der Waals surface area contributed by atoms with Gasteiger partial charge in [0.1, 0.15) is 5.82 Å². The topological polar surface area (TPSA) is 38.8 Å². The summed E-state index contributed by atoms with van der Waals surface area (Å²) >= 11 is 1.23. The zero-order valence-electron chi connectivity index (χ0n) is 15.2. The summed E-state index contributed by atoms with van der Waals surface area (Å²) in [6.45, 7) is 0.343. The predicted octanol–water partition coefficient (Wildman–Crippen LogP) is 4.61. The van der Waals surface area contributed by atoms with Crippen LogP contribution in [0.3, 0.4) is 0 Å². The van der Waals surface area contributed by atoms with E-state index >= 15 is 0 Å². The van der Waals surface area contributed by atoms with Gasteiger partial charge in [0.25, 0.3) is 5.91 Å². The number of fused-ring (bicyclic) bond motifs is 1. The molecule has 142 valence electrons. The van der Waals surface area contributed by atoms with Crippen LogP contribution in [0.1, 0.15) is 20.8 Å². The number of rotatable bonds is 6. The summed E-state index contributed by atoms with van der Waals surface area (Å²) < 4.78 is 39.0. The lowest BCUT2D eigenvalue weighted by molar-refractivity contribution is 0.0785. The summed E-state index contributed by atoms with van der Waals surface area (Å²) in [7, 11) is 4.52. The minimum atomic E-state index is -0.486. The predicted molar refractivity (Wildman–Crippen MR) is 101 cm³/mol. The number of benzene rings is 2. The second kappa shape index (κ2) is 8.02. The molecule has 0 fully saturated rings. The molecule has 1 heterocycles. The van der Waals surface area contributed by atoms with Gasteiger partial charge in [-0.25, -0.2) is 8.78 Å². The molecule has 0 bridgehead atoms. The van der Waals surface area contributed by atoms with E-state index in [2.05, 4.69) is 0 Å². The van der Waals surface area contributed by atoms with Crippen LogP contribution in [0.25, 0.3) is 10.1 Å². The van der Waals surface area contributed by atoms with Crippen molar-refractivity contribution in [1.29, 1.82) is 0 Å². The monoisotopic (exact) mass is 391 g/mol. The van der Waals surface area contributed by atoms with Crippen LogP contribution >= 0.6 is 11.3 Å². The molecule has 4 nitrogen and oxygen atoms in total. The fourth-order valence-corrected chi connectivity index (χ4v) is 4.17. The molecule has 0 aliphatic carbocycles. The van der Waals surface area contributed by atoms with Crippen molar-refractivity contribution in [2.75, 3.05) is 21.3 Å². The highest BCUT2D eigenvalue weighted by Gasteiger charge is 2.23. The Kier molecular flexibility index (Phi) is 5.72. The first-order valence-corrected chi connectivity index (χ1v) is 9.04.